The number of sulfonamides is 1. The Hall–Kier alpha value is -0.700. The molecule has 20 heavy (non-hydrogen) atoms. The van der Waals surface area contributed by atoms with Gasteiger partial charge in [0.15, 0.2) is 0 Å². The van der Waals surface area contributed by atoms with E-state index in [1.165, 1.54) is 10.6 Å². The molecule has 7 nitrogen and oxygen atoms in total. The van der Waals surface area contributed by atoms with Gasteiger partial charge in [-0.05, 0) is 12.8 Å². The predicted octanol–water partition coefficient (Wildman–Crippen LogP) is -0.555. The van der Waals surface area contributed by atoms with Crippen LogP contribution in [0.1, 0.15) is 12.8 Å². The van der Waals surface area contributed by atoms with Crippen molar-refractivity contribution in [2.45, 2.75) is 12.8 Å². The molecule has 0 saturated carbocycles. The SMILES string of the molecule is CS(=O)(=O)N1CCN(CC2(C(=O)O)CCOCC2)CC1. The molecule has 0 aliphatic carbocycles. The molecule has 2 aliphatic heterocycles. The van der Waals surface area contributed by atoms with E-state index >= 15 is 0 Å². The lowest BCUT2D eigenvalue weighted by Crippen LogP contribution is -2.53. The van der Waals surface area contributed by atoms with Crippen LogP contribution in [-0.4, -0.2) is 80.9 Å². The van der Waals surface area contributed by atoms with E-state index in [1.807, 2.05) is 0 Å². The lowest BCUT2D eigenvalue weighted by molar-refractivity contribution is -0.157. The van der Waals surface area contributed by atoms with Crippen molar-refractivity contribution in [3.05, 3.63) is 0 Å². The predicted molar refractivity (Wildman–Crippen MR) is 73.0 cm³/mol. The molecule has 1 N–H and O–H groups in total. The van der Waals surface area contributed by atoms with Crippen LogP contribution < -0.4 is 0 Å². The average molecular weight is 306 g/mol. The number of rotatable bonds is 4. The molecule has 0 atom stereocenters. The summed E-state index contributed by atoms with van der Waals surface area (Å²) >= 11 is 0. The van der Waals surface area contributed by atoms with Gasteiger partial charge in [-0.25, -0.2) is 8.42 Å². The molecule has 2 aliphatic rings. The molecule has 0 aromatic rings. The molecule has 0 aromatic heterocycles. The molecule has 0 bridgehead atoms. The highest BCUT2D eigenvalue weighted by Gasteiger charge is 2.42. The third kappa shape index (κ3) is 3.49. The van der Waals surface area contributed by atoms with Gasteiger partial charge < -0.3 is 9.84 Å². The van der Waals surface area contributed by atoms with Crippen LogP contribution in [0.15, 0.2) is 0 Å². The van der Waals surface area contributed by atoms with Crippen LogP contribution >= 0.6 is 0 Å². The summed E-state index contributed by atoms with van der Waals surface area (Å²) in [5, 5.41) is 9.51. The lowest BCUT2D eigenvalue weighted by atomic mass is 9.79. The Labute approximate surface area is 119 Å². The number of carboxylic acid groups (broad SMARTS) is 1. The maximum absolute atomic E-state index is 11.6. The van der Waals surface area contributed by atoms with Crippen LogP contribution in [0.5, 0.6) is 0 Å². The van der Waals surface area contributed by atoms with Crippen LogP contribution in [0, 0.1) is 5.41 Å². The second-order valence-corrected chi connectivity index (χ2v) is 7.62. The van der Waals surface area contributed by atoms with Gasteiger partial charge in [0.05, 0.1) is 11.7 Å². The van der Waals surface area contributed by atoms with Crippen molar-refractivity contribution in [1.82, 2.24) is 9.21 Å². The first kappa shape index (κ1) is 15.7. The zero-order chi connectivity index (χ0) is 14.8. The maximum atomic E-state index is 11.6. The van der Waals surface area contributed by atoms with Gasteiger partial charge in [-0.15, -0.1) is 0 Å². The van der Waals surface area contributed by atoms with Crippen molar-refractivity contribution in [3.63, 3.8) is 0 Å². The van der Waals surface area contributed by atoms with E-state index in [-0.39, 0.29) is 0 Å². The smallest absolute Gasteiger partial charge is 0.311 e. The molecule has 8 heteroatoms. The molecule has 2 heterocycles. The molecule has 0 aromatic carbocycles. The monoisotopic (exact) mass is 306 g/mol. The Morgan fingerprint density at radius 1 is 1.20 bits per heavy atom. The summed E-state index contributed by atoms with van der Waals surface area (Å²) in [7, 11) is -3.14. The molecule has 116 valence electrons. The van der Waals surface area contributed by atoms with Gasteiger partial charge in [0.2, 0.25) is 10.0 Å². The van der Waals surface area contributed by atoms with Crippen LogP contribution in [0.3, 0.4) is 0 Å². The highest BCUT2D eigenvalue weighted by atomic mass is 32.2. The number of hydrogen-bond donors (Lipinski definition) is 1. The highest BCUT2D eigenvalue weighted by molar-refractivity contribution is 7.88. The van der Waals surface area contributed by atoms with Crippen LogP contribution in [0.2, 0.25) is 0 Å². The number of aliphatic carboxylic acids is 1. The molecular formula is C12H22N2O5S. The number of ether oxygens (including phenoxy) is 1. The van der Waals surface area contributed by atoms with E-state index in [4.69, 9.17) is 4.74 Å². The van der Waals surface area contributed by atoms with E-state index in [1.54, 1.807) is 0 Å². The van der Waals surface area contributed by atoms with E-state index in [0.717, 1.165) is 0 Å². The Bertz CT molecular complexity index is 450. The summed E-state index contributed by atoms with van der Waals surface area (Å²) in [6, 6.07) is 0. The number of hydrogen-bond acceptors (Lipinski definition) is 5. The zero-order valence-corrected chi connectivity index (χ0v) is 12.6. The van der Waals surface area contributed by atoms with E-state index in [2.05, 4.69) is 4.90 Å². The normalized spacial score (nSPS) is 25.4. The number of carboxylic acids is 1. The van der Waals surface area contributed by atoms with Gasteiger partial charge in [-0.2, -0.15) is 4.31 Å². The summed E-state index contributed by atoms with van der Waals surface area (Å²) in [6.45, 7) is 3.48. The summed E-state index contributed by atoms with van der Waals surface area (Å²) in [6.07, 6.45) is 2.25. The minimum absolute atomic E-state index is 0.436. The second-order valence-electron chi connectivity index (χ2n) is 5.64. The summed E-state index contributed by atoms with van der Waals surface area (Å²) in [5.74, 6) is -0.772. The quantitative estimate of drug-likeness (QED) is 0.749. The Kier molecular flexibility index (Phi) is 4.68. The molecule has 2 rings (SSSR count). The molecule has 2 fully saturated rings. The molecule has 2 saturated heterocycles. The largest absolute Gasteiger partial charge is 0.481 e. The number of carbonyl (C=O) groups is 1. The van der Waals surface area contributed by atoms with Gasteiger partial charge in [-0.1, -0.05) is 0 Å². The lowest BCUT2D eigenvalue weighted by Gasteiger charge is -2.40. The molecular weight excluding hydrogens is 284 g/mol. The average Bonchev–Trinajstić information content (AvgIpc) is 2.39. The van der Waals surface area contributed by atoms with E-state index in [0.29, 0.717) is 58.8 Å². The van der Waals surface area contributed by atoms with Crippen LogP contribution in [0.4, 0.5) is 0 Å². The maximum Gasteiger partial charge on any atom is 0.311 e. The van der Waals surface area contributed by atoms with Crippen molar-refractivity contribution in [3.8, 4) is 0 Å². The Balaban J connectivity index is 1.95. The van der Waals surface area contributed by atoms with Gasteiger partial charge in [0, 0.05) is 45.9 Å². The summed E-state index contributed by atoms with van der Waals surface area (Å²) < 4.78 is 29.6. The third-order valence-corrected chi connectivity index (χ3v) is 5.53. The van der Waals surface area contributed by atoms with E-state index in [9.17, 15) is 18.3 Å². The Morgan fingerprint density at radius 3 is 2.20 bits per heavy atom. The van der Waals surface area contributed by atoms with Gasteiger partial charge in [0.25, 0.3) is 0 Å². The number of piperazine rings is 1. The first-order chi connectivity index (χ1) is 9.33. The molecule has 0 amide bonds. The molecule has 0 spiro atoms. The van der Waals surface area contributed by atoms with Gasteiger partial charge in [0.1, 0.15) is 0 Å². The first-order valence-corrected chi connectivity index (χ1v) is 8.67. The number of nitrogens with zero attached hydrogens (tertiary/aromatic N) is 2. The Morgan fingerprint density at radius 2 is 1.75 bits per heavy atom. The molecule has 0 unspecified atom stereocenters. The van der Waals surface area contributed by atoms with Crippen molar-refractivity contribution in [1.29, 1.82) is 0 Å². The van der Waals surface area contributed by atoms with Crippen LogP contribution in [0.25, 0.3) is 0 Å². The molecule has 0 radical (unpaired) electrons. The van der Waals surface area contributed by atoms with Crippen molar-refractivity contribution in [2.24, 2.45) is 5.41 Å². The van der Waals surface area contributed by atoms with Crippen LogP contribution in [-0.2, 0) is 19.6 Å². The first-order valence-electron chi connectivity index (χ1n) is 6.82. The topological polar surface area (TPSA) is 87.2 Å². The van der Waals surface area contributed by atoms with Crippen molar-refractivity contribution >= 4 is 16.0 Å². The summed E-state index contributed by atoms with van der Waals surface area (Å²) in [4.78, 5) is 13.6. The fourth-order valence-corrected chi connectivity index (χ4v) is 3.68. The minimum atomic E-state index is -3.14. The zero-order valence-electron chi connectivity index (χ0n) is 11.7. The fourth-order valence-electron chi connectivity index (χ4n) is 2.85. The standard InChI is InChI=1S/C12H22N2O5S/c1-20(17,18)14-6-4-13(5-7-14)10-12(11(15)16)2-8-19-9-3-12/h2-10H2,1H3,(H,15,16). The summed E-state index contributed by atoms with van der Waals surface area (Å²) in [5.41, 5.74) is -0.745. The highest BCUT2D eigenvalue weighted by Crippen LogP contribution is 2.32. The van der Waals surface area contributed by atoms with Crippen molar-refractivity contribution in [2.75, 3.05) is 52.2 Å². The minimum Gasteiger partial charge on any atom is -0.481 e. The third-order valence-electron chi connectivity index (χ3n) is 4.23. The second kappa shape index (κ2) is 5.97. The van der Waals surface area contributed by atoms with E-state index < -0.39 is 21.4 Å². The van der Waals surface area contributed by atoms with Gasteiger partial charge >= 0.3 is 5.97 Å². The van der Waals surface area contributed by atoms with Gasteiger partial charge in [-0.3, -0.25) is 9.69 Å². The fraction of sp³-hybridized carbons (Fsp3) is 0.917. The van der Waals surface area contributed by atoms with Crippen molar-refractivity contribution < 1.29 is 23.1 Å².